The van der Waals surface area contributed by atoms with E-state index >= 15 is 0 Å². The minimum Gasteiger partial charge on any atom is -0.482 e. The summed E-state index contributed by atoms with van der Waals surface area (Å²) in [6.07, 6.45) is 0. The fourth-order valence-electron chi connectivity index (χ4n) is 3.56. The van der Waals surface area contributed by atoms with Gasteiger partial charge in [-0.05, 0) is 42.0 Å². The Kier molecular flexibility index (Phi) is 5.81. The van der Waals surface area contributed by atoms with E-state index in [-0.39, 0.29) is 18.4 Å². The van der Waals surface area contributed by atoms with Gasteiger partial charge in [-0.2, -0.15) is 0 Å². The molecule has 0 aliphatic carbocycles. The summed E-state index contributed by atoms with van der Waals surface area (Å²) >= 11 is 7.30. The number of anilines is 2. The molecule has 33 heavy (non-hydrogen) atoms. The van der Waals surface area contributed by atoms with E-state index in [0.29, 0.717) is 39.4 Å². The predicted molar refractivity (Wildman–Crippen MR) is 130 cm³/mol. The lowest BCUT2D eigenvalue weighted by Gasteiger charge is -2.29. The third kappa shape index (κ3) is 4.60. The smallest absolute Gasteiger partial charge is 0.265 e. The van der Waals surface area contributed by atoms with Crippen molar-refractivity contribution in [2.75, 3.05) is 16.8 Å². The predicted octanol–water partition coefficient (Wildman–Crippen LogP) is 5.64. The van der Waals surface area contributed by atoms with Crippen molar-refractivity contribution >= 4 is 45.6 Å². The molecule has 5 rings (SSSR count). The Labute approximate surface area is 199 Å². The zero-order chi connectivity index (χ0) is 22.8. The first kappa shape index (κ1) is 21.2. The summed E-state index contributed by atoms with van der Waals surface area (Å²) in [7, 11) is 0. The van der Waals surface area contributed by atoms with Crippen molar-refractivity contribution in [1.82, 2.24) is 4.98 Å². The molecule has 1 aliphatic heterocycles. The fourth-order valence-corrected chi connectivity index (χ4v) is 4.47. The summed E-state index contributed by atoms with van der Waals surface area (Å²) in [5.41, 5.74) is 3.71. The first-order valence-electron chi connectivity index (χ1n) is 10.2. The summed E-state index contributed by atoms with van der Waals surface area (Å²) in [5, 5.41) is 5.64. The molecule has 0 fully saturated rings. The van der Waals surface area contributed by atoms with E-state index in [1.54, 1.807) is 29.2 Å². The van der Waals surface area contributed by atoms with Crippen LogP contribution in [0.2, 0.25) is 5.02 Å². The highest BCUT2D eigenvalue weighted by Gasteiger charge is 2.26. The van der Waals surface area contributed by atoms with Gasteiger partial charge in [-0.15, -0.1) is 11.3 Å². The molecule has 0 saturated carbocycles. The number of rotatable bonds is 5. The molecule has 0 radical (unpaired) electrons. The number of hydrogen-bond donors (Lipinski definition) is 1. The van der Waals surface area contributed by atoms with Crippen LogP contribution in [0, 0.1) is 0 Å². The molecule has 6 nitrogen and oxygen atoms in total. The van der Waals surface area contributed by atoms with Crippen LogP contribution in [0.3, 0.4) is 0 Å². The molecule has 0 atom stereocenters. The SMILES string of the molecule is O=C(Nc1nc(-c2ccc3c(c2)N(Cc2ccccc2)C(=O)CO3)cs1)c1cccc(Cl)c1. The number of benzene rings is 3. The third-order valence-corrected chi connectivity index (χ3v) is 6.19. The number of carbonyl (C=O) groups is 2. The molecule has 3 aromatic carbocycles. The molecule has 1 aromatic heterocycles. The van der Waals surface area contributed by atoms with Gasteiger partial charge in [0.05, 0.1) is 17.9 Å². The first-order valence-corrected chi connectivity index (χ1v) is 11.5. The lowest BCUT2D eigenvalue weighted by atomic mass is 10.1. The highest BCUT2D eigenvalue weighted by Crippen LogP contribution is 2.37. The number of nitrogens with one attached hydrogen (secondary N) is 1. The van der Waals surface area contributed by atoms with Crippen molar-refractivity contribution < 1.29 is 14.3 Å². The Morgan fingerprint density at radius 2 is 1.94 bits per heavy atom. The van der Waals surface area contributed by atoms with Gasteiger partial charge in [-0.25, -0.2) is 4.98 Å². The average Bonchev–Trinajstić information content (AvgIpc) is 3.30. The van der Waals surface area contributed by atoms with E-state index in [1.807, 2.05) is 53.9 Å². The Morgan fingerprint density at radius 3 is 2.76 bits per heavy atom. The molecule has 8 heteroatoms. The third-order valence-electron chi connectivity index (χ3n) is 5.19. The van der Waals surface area contributed by atoms with Gasteiger partial charge in [0.25, 0.3) is 11.8 Å². The Hall–Kier alpha value is -3.68. The maximum Gasteiger partial charge on any atom is 0.265 e. The largest absolute Gasteiger partial charge is 0.482 e. The van der Waals surface area contributed by atoms with E-state index in [2.05, 4.69) is 10.3 Å². The number of hydrogen-bond acceptors (Lipinski definition) is 5. The van der Waals surface area contributed by atoms with Crippen LogP contribution in [-0.2, 0) is 11.3 Å². The first-order chi connectivity index (χ1) is 16.1. The van der Waals surface area contributed by atoms with Crippen LogP contribution < -0.4 is 15.0 Å². The topological polar surface area (TPSA) is 71.5 Å². The number of amides is 2. The monoisotopic (exact) mass is 475 g/mol. The second-order valence-electron chi connectivity index (χ2n) is 7.44. The van der Waals surface area contributed by atoms with Gasteiger partial charge >= 0.3 is 0 Å². The van der Waals surface area contributed by atoms with E-state index < -0.39 is 0 Å². The number of aromatic nitrogens is 1. The van der Waals surface area contributed by atoms with Crippen molar-refractivity contribution in [2.24, 2.45) is 0 Å². The van der Waals surface area contributed by atoms with Crippen molar-refractivity contribution in [3.05, 3.63) is 94.3 Å². The summed E-state index contributed by atoms with van der Waals surface area (Å²) in [6, 6.07) is 22.2. The van der Waals surface area contributed by atoms with Crippen LogP contribution in [0.1, 0.15) is 15.9 Å². The Bertz CT molecular complexity index is 1340. The van der Waals surface area contributed by atoms with Gasteiger partial charge in [0, 0.05) is 21.5 Å². The van der Waals surface area contributed by atoms with Gasteiger partial charge in [0.2, 0.25) is 0 Å². The maximum atomic E-state index is 12.6. The molecule has 1 aliphatic rings. The molecule has 0 bridgehead atoms. The normalized spacial score (nSPS) is 12.8. The molecule has 4 aromatic rings. The van der Waals surface area contributed by atoms with Gasteiger partial charge in [0.1, 0.15) is 5.75 Å². The fraction of sp³-hybridized carbons (Fsp3) is 0.0800. The lowest BCUT2D eigenvalue weighted by Crippen LogP contribution is -2.38. The summed E-state index contributed by atoms with van der Waals surface area (Å²) < 4.78 is 5.63. The van der Waals surface area contributed by atoms with Crippen molar-refractivity contribution in [2.45, 2.75) is 6.54 Å². The number of halogens is 1. The van der Waals surface area contributed by atoms with Crippen molar-refractivity contribution in [3.63, 3.8) is 0 Å². The van der Waals surface area contributed by atoms with E-state index in [0.717, 1.165) is 11.1 Å². The molecule has 2 heterocycles. The van der Waals surface area contributed by atoms with E-state index in [1.165, 1.54) is 11.3 Å². The number of thiazole rings is 1. The van der Waals surface area contributed by atoms with E-state index in [9.17, 15) is 9.59 Å². The molecular formula is C25H18ClN3O3S. The Morgan fingerprint density at radius 1 is 1.09 bits per heavy atom. The molecule has 1 N–H and O–H groups in total. The summed E-state index contributed by atoms with van der Waals surface area (Å²) in [4.78, 5) is 31.4. The number of nitrogens with zero attached hydrogens (tertiary/aromatic N) is 2. The van der Waals surface area contributed by atoms with Crippen LogP contribution in [-0.4, -0.2) is 23.4 Å². The van der Waals surface area contributed by atoms with Gasteiger partial charge in [-0.3, -0.25) is 14.9 Å². The Balaban J connectivity index is 1.39. The molecule has 0 spiro atoms. The molecule has 2 amide bonds. The second-order valence-corrected chi connectivity index (χ2v) is 8.73. The highest BCUT2D eigenvalue weighted by molar-refractivity contribution is 7.14. The van der Waals surface area contributed by atoms with Crippen LogP contribution in [0.25, 0.3) is 11.3 Å². The minimum atomic E-state index is -0.281. The van der Waals surface area contributed by atoms with Gasteiger partial charge in [0.15, 0.2) is 11.7 Å². The highest BCUT2D eigenvalue weighted by atomic mass is 35.5. The maximum absolute atomic E-state index is 12.6. The molecular weight excluding hydrogens is 458 g/mol. The average molecular weight is 476 g/mol. The minimum absolute atomic E-state index is 0.00949. The zero-order valence-corrected chi connectivity index (χ0v) is 18.9. The van der Waals surface area contributed by atoms with Gasteiger partial charge in [-0.1, -0.05) is 48.0 Å². The van der Waals surface area contributed by atoms with Crippen LogP contribution in [0.5, 0.6) is 5.75 Å². The summed E-state index contributed by atoms with van der Waals surface area (Å²) in [5.74, 6) is 0.270. The van der Waals surface area contributed by atoms with Crippen molar-refractivity contribution in [3.8, 4) is 17.0 Å². The number of fused-ring (bicyclic) bond motifs is 1. The lowest BCUT2D eigenvalue weighted by molar-refractivity contribution is -0.121. The number of carbonyl (C=O) groups excluding carboxylic acids is 2. The molecule has 0 saturated heterocycles. The van der Waals surface area contributed by atoms with Crippen LogP contribution >= 0.6 is 22.9 Å². The molecule has 0 unspecified atom stereocenters. The quantitative estimate of drug-likeness (QED) is 0.405. The van der Waals surface area contributed by atoms with Crippen LogP contribution in [0.15, 0.2) is 78.2 Å². The second kappa shape index (κ2) is 9.05. The molecule has 164 valence electrons. The standard InChI is InChI=1S/C25H18ClN3O3S/c26-19-8-4-7-18(11-19)24(31)28-25-27-20(15-33-25)17-9-10-22-21(12-17)29(23(30)14-32-22)13-16-5-2-1-3-6-16/h1-12,15H,13-14H2,(H,27,28,31). The summed E-state index contributed by atoms with van der Waals surface area (Å²) in [6.45, 7) is 0.465. The number of ether oxygens (including phenoxy) is 1. The van der Waals surface area contributed by atoms with Crippen molar-refractivity contribution in [1.29, 1.82) is 0 Å². The van der Waals surface area contributed by atoms with Crippen LogP contribution in [0.4, 0.5) is 10.8 Å². The zero-order valence-electron chi connectivity index (χ0n) is 17.3. The van der Waals surface area contributed by atoms with Gasteiger partial charge < -0.3 is 9.64 Å². The van der Waals surface area contributed by atoms with E-state index in [4.69, 9.17) is 16.3 Å².